The van der Waals surface area contributed by atoms with Crippen LogP contribution in [0.5, 0.6) is 11.5 Å². The van der Waals surface area contributed by atoms with Crippen molar-refractivity contribution in [2.75, 3.05) is 44.8 Å². The Bertz CT molecular complexity index is 1350. The van der Waals surface area contributed by atoms with Crippen molar-refractivity contribution >= 4 is 22.9 Å². The van der Waals surface area contributed by atoms with Crippen molar-refractivity contribution < 1.29 is 14.3 Å². The van der Waals surface area contributed by atoms with Gasteiger partial charge in [-0.1, -0.05) is 37.3 Å². The highest BCUT2D eigenvalue weighted by Gasteiger charge is 2.25. The molecule has 1 saturated heterocycles. The zero-order valence-electron chi connectivity index (χ0n) is 20.7. The molecule has 0 spiro atoms. The van der Waals surface area contributed by atoms with Crippen LogP contribution in [-0.4, -0.2) is 75.7 Å². The predicted octanol–water partition coefficient (Wildman–Crippen LogP) is 3.07. The lowest BCUT2D eigenvalue weighted by molar-refractivity contribution is -0.133. The smallest absolute Gasteiger partial charge is 0.260 e. The van der Waals surface area contributed by atoms with E-state index in [0.29, 0.717) is 54.8 Å². The molecule has 2 aromatic carbocycles. The lowest BCUT2D eigenvalue weighted by Crippen LogP contribution is -2.50. The van der Waals surface area contributed by atoms with Gasteiger partial charge in [-0.15, -0.1) is 5.10 Å². The van der Waals surface area contributed by atoms with Crippen molar-refractivity contribution in [2.45, 2.75) is 19.8 Å². The number of amides is 1. The third-order valence-corrected chi connectivity index (χ3v) is 6.36. The van der Waals surface area contributed by atoms with Crippen LogP contribution >= 0.6 is 0 Å². The van der Waals surface area contributed by atoms with E-state index in [9.17, 15) is 4.79 Å². The number of aromatic nitrogens is 5. The molecule has 5 rings (SSSR count). The van der Waals surface area contributed by atoms with Gasteiger partial charge in [-0.3, -0.25) is 4.79 Å². The topological polar surface area (TPSA) is 98.5 Å². The molecule has 1 aliphatic rings. The molecule has 1 aliphatic heterocycles. The van der Waals surface area contributed by atoms with Gasteiger partial charge in [-0.2, -0.15) is 4.68 Å². The molecule has 1 amide bonds. The zero-order valence-corrected chi connectivity index (χ0v) is 20.7. The van der Waals surface area contributed by atoms with Gasteiger partial charge in [0.15, 0.2) is 23.6 Å². The Morgan fingerprint density at radius 1 is 1.00 bits per heavy atom. The quantitative estimate of drug-likeness (QED) is 0.392. The van der Waals surface area contributed by atoms with Crippen LogP contribution in [0.15, 0.2) is 54.9 Å². The van der Waals surface area contributed by atoms with Gasteiger partial charge in [0.2, 0.25) is 0 Å². The van der Waals surface area contributed by atoms with Crippen LogP contribution in [0.25, 0.3) is 16.9 Å². The van der Waals surface area contributed by atoms with E-state index in [1.807, 2.05) is 53.4 Å². The van der Waals surface area contributed by atoms with E-state index in [1.165, 1.54) is 11.9 Å². The Morgan fingerprint density at radius 2 is 1.78 bits per heavy atom. The zero-order chi connectivity index (χ0) is 25.1. The second-order valence-corrected chi connectivity index (χ2v) is 8.95. The van der Waals surface area contributed by atoms with Gasteiger partial charge in [0.1, 0.15) is 17.8 Å². The fourth-order valence-electron chi connectivity index (χ4n) is 4.24. The molecule has 2 aromatic heterocycles. The average molecular weight is 488 g/mol. The van der Waals surface area contributed by atoms with Gasteiger partial charge in [-0.05, 0) is 35.7 Å². The number of ether oxygens (including phenoxy) is 2. The number of carbonyl (C=O) groups is 1. The largest absolute Gasteiger partial charge is 0.497 e. The van der Waals surface area contributed by atoms with Crippen LogP contribution < -0.4 is 14.4 Å². The summed E-state index contributed by atoms with van der Waals surface area (Å²) in [6.07, 6.45) is 1.52. The Morgan fingerprint density at radius 3 is 2.50 bits per heavy atom. The minimum absolute atomic E-state index is 0.0215. The van der Waals surface area contributed by atoms with E-state index in [-0.39, 0.29) is 12.5 Å². The van der Waals surface area contributed by atoms with Crippen LogP contribution in [0.2, 0.25) is 0 Å². The van der Waals surface area contributed by atoms with Crippen molar-refractivity contribution in [3.63, 3.8) is 0 Å². The maximum atomic E-state index is 12.7. The molecule has 0 aliphatic carbocycles. The molecule has 0 atom stereocenters. The van der Waals surface area contributed by atoms with Crippen LogP contribution in [0, 0.1) is 0 Å². The van der Waals surface area contributed by atoms with Crippen molar-refractivity contribution in [1.29, 1.82) is 0 Å². The van der Waals surface area contributed by atoms with Gasteiger partial charge >= 0.3 is 0 Å². The molecule has 0 unspecified atom stereocenters. The van der Waals surface area contributed by atoms with Gasteiger partial charge in [0.05, 0.1) is 12.8 Å². The van der Waals surface area contributed by atoms with E-state index in [4.69, 9.17) is 9.47 Å². The Hall–Kier alpha value is -4.21. The normalized spacial score (nSPS) is 13.9. The third-order valence-electron chi connectivity index (χ3n) is 6.36. The Balaban J connectivity index is 1.23. The SMILES string of the molecule is COc1cccc(-n2nnc3c(N4CCN(C(=O)COc5ccc(C(C)C)cc5)CC4)ncnc32)c1. The summed E-state index contributed by atoms with van der Waals surface area (Å²) in [5.74, 6) is 2.57. The molecule has 10 nitrogen and oxygen atoms in total. The first kappa shape index (κ1) is 23.5. The van der Waals surface area contributed by atoms with E-state index in [0.717, 1.165) is 11.4 Å². The lowest BCUT2D eigenvalue weighted by Gasteiger charge is -2.35. The third kappa shape index (κ3) is 4.79. The van der Waals surface area contributed by atoms with E-state index >= 15 is 0 Å². The second kappa shape index (κ2) is 10.2. The fraction of sp³-hybridized carbons (Fsp3) is 0.346. The van der Waals surface area contributed by atoms with Crippen LogP contribution in [-0.2, 0) is 4.79 Å². The molecular weight excluding hydrogens is 458 g/mol. The molecular formula is C26H29N7O3. The number of anilines is 1. The van der Waals surface area contributed by atoms with Crippen molar-refractivity contribution in [1.82, 2.24) is 29.9 Å². The maximum Gasteiger partial charge on any atom is 0.260 e. The number of hydrogen-bond acceptors (Lipinski definition) is 8. The number of piperazine rings is 1. The van der Waals surface area contributed by atoms with Gasteiger partial charge < -0.3 is 19.3 Å². The molecule has 4 aromatic rings. The first-order valence-corrected chi connectivity index (χ1v) is 12.0. The van der Waals surface area contributed by atoms with Gasteiger partial charge in [0, 0.05) is 32.2 Å². The number of hydrogen-bond donors (Lipinski definition) is 0. The van der Waals surface area contributed by atoms with E-state index in [2.05, 4.69) is 39.0 Å². The number of nitrogens with zero attached hydrogens (tertiary/aromatic N) is 7. The highest BCUT2D eigenvalue weighted by molar-refractivity contribution is 5.84. The highest BCUT2D eigenvalue weighted by atomic mass is 16.5. The fourth-order valence-corrected chi connectivity index (χ4v) is 4.24. The minimum atomic E-state index is -0.0283. The Labute approximate surface area is 209 Å². The molecule has 186 valence electrons. The van der Waals surface area contributed by atoms with Crippen LogP contribution in [0.3, 0.4) is 0 Å². The van der Waals surface area contributed by atoms with Crippen molar-refractivity contribution in [2.24, 2.45) is 0 Å². The number of rotatable bonds is 7. The summed E-state index contributed by atoms with van der Waals surface area (Å²) in [6.45, 7) is 6.73. The highest BCUT2D eigenvalue weighted by Crippen LogP contribution is 2.25. The van der Waals surface area contributed by atoms with Crippen molar-refractivity contribution in [3.8, 4) is 17.2 Å². The van der Waals surface area contributed by atoms with E-state index < -0.39 is 0 Å². The number of carbonyl (C=O) groups excluding carboxylic acids is 1. The maximum absolute atomic E-state index is 12.7. The monoisotopic (exact) mass is 487 g/mol. The molecule has 0 saturated carbocycles. The summed E-state index contributed by atoms with van der Waals surface area (Å²) in [5.41, 5.74) is 3.28. The molecule has 0 N–H and O–H groups in total. The minimum Gasteiger partial charge on any atom is -0.497 e. The summed E-state index contributed by atoms with van der Waals surface area (Å²) in [6, 6.07) is 15.5. The van der Waals surface area contributed by atoms with Crippen LogP contribution in [0.4, 0.5) is 5.82 Å². The molecule has 3 heterocycles. The average Bonchev–Trinajstić information content (AvgIpc) is 3.36. The lowest BCUT2D eigenvalue weighted by atomic mass is 10.0. The summed E-state index contributed by atoms with van der Waals surface area (Å²) < 4.78 is 12.7. The molecule has 0 radical (unpaired) electrons. The first-order valence-electron chi connectivity index (χ1n) is 12.0. The molecule has 36 heavy (non-hydrogen) atoms. The van der Waals surface area contributed by atoms with Gasteiger partial charge in [0.25, 0.3) is 5.91 Å². The number of methoxy groups -OCH3 is 1. The number of fused-ring (bicyclic) bond motifs is 1. The number of benzene rings is 2. The molecule has 0 bridgehead atoms. The summed E-state index contributed by atoms with van der Waals surface area (Å²) in [7, 11) is 1.62. The van der Waals surface area contributed by atoms with Crippen molar-refractivity contribution in [3.05, 3.63) is 60.4 Å². The van der Waals surface area contributed by atoms with E-state index in [1.54, 1.807) is 11.8 Å². The standard InChI is InChI=1S/C26H29N7O3/c1-18(2)19-7-9-21(10-8-19)36-16-23(34)31-11-13-32(14-12-31)25-24-26(28-17-27-25)33(30-29-24)20-5-4-6-22(15-20)35-3/h4-10,15,17-18H,11-14,16H2,1-3H3. The summed E-state index contributed by atoms with van der Waals surface area (Å²) in [4.78, 5) is 25.6. The summed E-state index contributed by atoms with van der Waals surface area (Å²) >= 11 is 0. The molecule has 1 fully saturated rings. The van der Waals surface area contributed by atoms with Crippen LogP contribution in [0.1, 0.15) is 25.3 Å². The summed E-state index contributed by atoms with van der Waals surface area (Å²) in [5, 5.41) is 8.67. The molecule has 10 heteroatoms. The predicted molar refractivity (Wildman–Crippen MR) is 136 cm³/mol. The Kier molecular flexibility index (Phi) is 6.66. The van der Waals surface area contributed by atoms with Gasteiger partial charge in [-0.25, -0.2) is 9.97 Å². The first-order chi connectivity index (χ1) is 17.5. The second-order valence-electron chi connectivity index (χ2n) is 8.95.